The number of aromatic nitrogens is 2. The van der Waals surface area contributed by atoms with Gasteiger partial charge in [0.1, 0.15) is 10.3 Å². The molecule has 1 saturated carbocycles. The van der Waals surface area contributed by atoms with Crippen molar-refractivity contribution < 1.29 is 13.5 Å². The van der Waals surface area contributed by atoms with Crippen LogP contribution in [0.4, 0.5) is 13.9 Å². The number of ether oxygens (including phenoxy) is 1. The summed E-state index contributed by atoms with van der Waals surface area (Å²) in [5.74, 6) is -1.33. The Kier molecular flexibility index (Phi) is 2.99. The number of hydrogen-bond acceptors (Lipinski definition) is 5. The first-order chi connectivity index (χ1) is 10.1. The minimum atomic E-state index is -2.58. The monoisotopic (exact) mass is 311 g/mol. The molecule has 0 aromatic carbocycles. The van der Waals surface area contributed by atoms with Crippen LogP contribution in [0.5, 0.6) is 5.88 Å². The van der Waals surface area contributed by atoms with Crippen LogP contribution in [0.2, 0.25) is 0 Å². The van der Waals surface area contributed by atoms with Crippen molar-refractivity contribution in [2.45, 2.75) is 25.2 Å². The van der Waals surface area contributed by atoms with E-state index in [0.717, 1.165) is 10.3 Å². The highest BCUT2D eigenvalue weighted by Gasteiger charge is 2.45. The molecule has 0 spiro atoms. The topological polar surface area (TPSA) is 38.2 Å². The molecule has 0 atom stereocenters. The van der Waals surface area contributed by atoms with Crippen LogP contribution in [0.25, 0.3) is 10.3 Å². The van der Waals surface area contributed by atoms with Gasteiger partial charge >= 0.3 is 0 Å². The molecule has 0 amide bonds. The fourth-order valence-electron chi connectivity index (χ4n) is 2.51. The normalized spacial score (nSPS) is 21.1. The van der Waals surface area contributed by atoms with E-state index in [-0.39, 0.29) is 13.1 Å². The third-order valence-corrected chi connectivity index (χ3v) is 5.05. The predicted octanol–water partition coefficient (Wildman–Crippen LogP) is 3.33. The molecule has 21 heavy (non-hydrogen) atoms. The summed E-state index contributed by atoms with van der Waals surface area (Å²) >= 11 is 1.34. The van der Waals surface area contributed by atoms with E-state index in [4.69, 9.17) is 4.74 Å². The third-order valence-electron chi connectivity index (χ3n) is 4.03. The van der Waals surface area contributed by atoms with Gasteiger partial charge in [-0.2, -0.15) is 0 Å². The zero-order valence-corrected chi connectivity index (χ0v) is 12.2. The summed E-state index contributed by atoms with van der Waals surface area (Å²) < 4.78 is 31.5. The van der Waals surface area contributed by atoms with Gasteiger partial charge in [-0.3, -0.25) is 0 Å². The number of fused-ring (bicyclic) bond motifs is 1. The van der Waals surface area contributed by atoms with Gasteiger partial charge in [0.25, 0.3) is 5.92 Å². The van der Waals surface area contributed by atoms with Gasteiger partial charge in [0.05, 0.1) is 19.7 Å². The number of halogens is 2. The zero-order chi connectivity index (χ0) is 14.4. The molecular weight excluding hydrogens is 296 g/mol. The van der Waals surface area contributed by atoms with Crippen molar-refractivity contribution in [2.24, 2.45) is 5.92 Å². The Labute approximate surface area is 124 Å². The summed E-state index contributed by atoms with van der Waals surface area (Å²) in [6.07, 6.45) is 3.76. The van der Waals surface area contributed by atoms with E-state index in [2.05, 4.69) is 9.97 Å². The number of hydrogen-bond donors (Lipinski definition) is 0. The molecule has 2 fully saturated rings. The Morgan fingerprint density at radius 3 is 2.76 bits per heavy atom. The third kappa shape index (κ3) is 2.54. The van der Waals surface area contributed by atoms with Crippen LogP contribution in [-0.2, 0) is 0 Å². The van der Waals surface area contributed by atoms with Crippen molar-refractivity contribution >= 4 is 26.8 Å². The van der Waals surface area contributed by atoms with Crippen molar-refractivity contribution in [1.29, 1.82) is 0 Å². The minimum Gasteiger partial charge on any atom is -0.477 e. The summed E-state index contributed by atoms with van der Waals surface area (Å²) in [5, 5.41) is 0.611. The first-order valence-electron chi connectivity index (χ1n) is 7.12. The van der Waals surface area contributed by atoms with Gasteiger partial charge in [-0.25, -0.2) is 18.7 Å². The lowest BCUT2D eigenvalue weighted by Crippen LogP contribution is -2.56. The van der Waals surface area contributed by atoms with Crippen molar-refractivity contribution in [3.63, 3.8) is 0 Å². The summed E-state index contributed by atoms with van der Waals surface area (Å²) in [5.41, 5.74) is 0.737. The van der Waals surface area contributed by atoms with Crippen molar-refractivity contribution in [3.05, 3.63) is 12.1 Å². The average molecular weight is 311 g/mol. The Hall–Kier alpha value is -1.50. The van der Waals surface area contributed by atoms with Crippen LogP contribution in [0.3, 0.4) is 0 Å². The molecule has 1 aliphatic heterocycles. The molecule has 1 saturated heterocycles. The second-order valence-electron chi connectivity index (χ2n) is 5.79. The van der Waals surface area contributed by atoms with Crippen molar-refractivity contribution in [1.82, 2.24) is 9.97 Å². The summed E-state index contributed by atoms with van der Waals surface area (Å²) in [7, 11) is 0. The quantitative estimate of drug-likeness (QED) is 0.868. The van der Waals surface area contributed by atoms with Crippen LogP contribution in [-0.4, -0.2) is 35.6 Å². The highest BCUT2D eigenvalue weighted by Crippen LogP contribution is 2.36. The van der Waals surface area contributed by atoms with Crippen LogP contribution in [0.15, 0.2) is 12.1 Å². The van der Waals surface area contributed by atoms with Crippen LogP contribution in [0, 0.1) is 5.92 Å². The van der Waals surface area contributed by atoms with E-state index in [9.17, 15) is 8.78 Å². The van der Waals surface area contributed by atoms with Crippen molar-refractivity contribution in [3.8, 4) is 5.88 Å². The molecule has 2 aromatic heterocycles. The lowest BCUT2D eigenvalue weighted by molar-refractivity contribution is -0.0262. The van der Waals surface area contributed by atoms with Gasteiger partial charge in [-0.05, 0) is 24.8 Å². The van der Waals surface area contributed by atoms with Gasteiger partial charge in [-0.1, -0.05) is 17.8 Å². The summed E-state index contributed by atoms with van der Waals surface area (Å²) in [4.78, 5) is 11.1. The maximum absolute atomic E-state index is 12.9. The van der Waals surface area contributed by atoms with Crippen LogP contribution in [0.1, 0.15) is 19.3 Å². The van der Waals surface area contributed by atoms with Gasteiger partial charge in [0, 0.05) is 6.07 Å². The van der Waals surface area contributed by atoms with Gasteiger partial charge in [-0.15, -0.1) is 0 Å². The molecule has 4 nitrogen and oxygen atoms in total. The number of alkyl halides is 2. The molecular formula is C14H15F2N3OS. The summed E-state index contributed by atoms with van der Waals surface area (Å²) in [6, 6.07) is 3.64. The lowest BCUT2D eigenvalue weighted by Gasteiger charge is -2.38. The standard InChI is InChI=1S/C14H15F2N3OS/c15-14(16)7-19(8-14)13-17-10-4-5-11(18-12(10)21-13)20-6-9-2-1-3-9/h4-5,9H,1-3,6-8H2. The number of rotatable bonds is 4. The van der Waals surface area contributed by atoms with E-state index in [0.29, 0.717) is 23.5 Å². The highest BCUT2D eigenvalue weighted by atomic mass is 32.1. The van der Waals surface area contributed by atoms with Crippen molar-refractivity contribution in [2.75, 3.05) is 24.6 Å². The molecule has 3 heterocycles. The zero-order valence-electron chi connectivity index (χ0n) is 11.4. The second-order valence-corrected chi connectivity index (χ2v) is 6.75. The Balaban J connectivity index is 1.48. The first-order valence-corrected chi connectivity index (χ1v) is 7.94. The largest absolute Gasteiger partial charge is 0.477 e. The molecule has 4 rings (SSSR count). The van der Waals surface area contributed by atoms with Gasteiger partial charge in [0.15, 0.2) is 5.13 Å². The van der Waals surface area contributed by atoms with E-state index in [1.165, 1.54) is 30.6 Å². The fraction of sp³-hybridized carbons (Fsp3) is 0.571. The van der Waals surface area contributed by atoms with Gasteiger partial charge < -0.3 is 9.64 Å². The fourth-order valence-corrected chi connectivity index (χ4v) is 3.44. The second kappa shape index (κ2) is 4.76. The Morgan fingerprint density at radius 1 is 1.29 bits per heavy atom. The maximum atomic E-state index is 12.9. The SMILES string of the molecule is FC1(F)CN(c2nc3ccc(OCC4CCC4)nc3s2)C1. The van der Waals surface area contributed by atoms with E-state index >= 15 is 0 Å². The van der Waals surface area contributed by atoms with Gasteiger partial charge in [0.2, 0.25) is 5.88 Å². The number of thiazole rings is 1. The summed E-state index contributed by atoms with van der Waals surface area (Å²) in [6.45, 7) is 0.207. The lowest BCUT2D eigenvalue weighted by atomic mass is 9.86. The molecule has 0 N–H and O–H groups in total. The first kappa shape index (κ1) is 13.2. The Morgan fingerprint density at radius 2 is 2.10 bits per heavy atom. The van der Waals surface area contributed by atoms with E-state index < -0.39 is 5.92 Å². The molecule has 0 unspecified atom stereocenters. The minimum absolute atomic E-state index is 0.252. The van der Waals surface area contributed by atoms with Crippen LogP contribution >= 0.6 is 11.3 Å². The molecule has 0 radical (unpaired) electrons. The van der Waals surface area contributed by atoms with E-state index in [1.807, 2.05) is 6.07 Å². The van der Waals surface area contributed by atoms with Crippen LogP contribution < -0.4 is 9.64 Å². The number of anilines is 1. The molecule has 7 heteroatoms. The highest BCUT2D eigenvalue weighted by molar-refractivity contribution is 7.21. The average Bonchev–Trinajstić information content (AvgIpc) is 2.76. The molecule has 112 valence electrons. The maximum Gasteiger partial charge on any atom is 0.282 e. The van der Waals surface area contributed by atoms with E-state index in [1.54, 1.807) is 11.0 Å². The smallest absolute Gasteiger partial charge is 0.282 e. The molecule has 1 aliphatic carbocycles. The predicted molar refractivity (Wildman–Crippen MR) is 77.4 cm³/mol. The Bertz CT molecular complexity index is 663. The molecule has 2 aromatic rings. The number of pyridine rings is 1. The molecule has 2 aliphatic rings. The molecule has 0 bridgehead atoms. The number of nitrogens with zero attached hydrogens (tertiary/aromatic N) is 3.